The van der Waals surface area contributed by atoms with Crippen LogP contribution in [0.3, 0.4) is 0 Å². The van der Waals surface area contributed by atoms with E-state index in [1.807, 2.05) is 7.05 Å². The lowest BCUT2D eigenvalue weighted by Gasteiger charge is -2.04. The highest BCUT2D eigenvalue weighted by Gasteiger charge is 2.01. The average Bonchev–Trinajstić information content (AvgIpc) is 2.32. The van der Waals surface area contributed by atoms with E-state index in [4.69, 9.17) is 0 Å². The molecule has 0 radical (unpaired) electrons. The number of hydrogen-bond donors (Lipinski definition) is 2. The van der Waals surface area contributed by atoms with E-state index in [9.17, 15) is 9.18 Å². The molecule has 0 aromatic heterocycles. The number of benzene rings is 1. The molecular formula is C12H18ClFN2OS. The van der Waals surface area contributed by atoms with E-state index in [0.717, 1.165) is 11.4 Å². The molecule has 0 heterocycles. The molecule has 1 rings (SSSR count). The van der Waals surface area contributed by atoms with Gasteiger partial charge in [-0.25, -0.2) is 4.39 Å². The number of halogens is 2. The molecule has 0 atom stereocenters. The third-order valence-electron chi connectivity index (χ3n) is 2.11. The molecule has 18 heavy (non-hydrogen) atoms. The summed E-state index contributed by atoms with van der Waals surface area (Å²) in [6.45, 7) is 1.42. The number of nitrogens with one attached hydrogen (secondary N) is 2. The average molecular weight is 293 g/mol. The van der Waals surface area contributed by atoms with Crippen molar-refractivity contribution in [2.75, 3.05) is 25.9 Å². The summed E-state index contributed by atoms with van der Waals surface area (Å²) < 4.78 is 12.6. The Balaban J connectivity index is 0.00000289. The van der Waals surface area contributed by atoms with Crippen LogP contribution >= 0.6 is 24.2 Å². The van der Waals surface area contributed by atoms with E-state index < -0.39 is 0 Å². The Morgan fingerprint density at radius 1 is 1.28 bits per heavy atom. The molecular weight excluding hydrogens is 275 g/mol. The maximum atomic E-state index is 12.6. The molecule has 0 spiro atoms. The summed E-state index contributed by atoms with van der Waals surface area (Å²) in [7, 11) is 1.84. The van der Waals surface area contributed by atoms with E-state index in [-0.39, 0.29) is 24.1 Å². The van der Waals surface area contributed by atoms with Crippen LogP contribution in [0.2, 0.25) is 0 Å². The second kappa shape index (κ2) is 10.2. The first-order chi connectivity index (χ1) is 8.22. The highest BCUT2D eigenvalue weighted by atomic mass is 35.5. The van der Waals surface area contributed by atoms with Crippen molar-refractivity contribution in [1.82, 2.24) is 10.6 Å². The fourth-order valence-electron chi connectivity index (χ4n) is 1.21. The summed E-state index contributed by atoms with van der Waals surface area (Å²) >= 11 is 1.55. The number of amides is 1. The highest BCUT2D eigenvalue weighted by Crippen LogP contribution is 2.18. The number of thioether (sulfide) groups is 1. The first-order valence-corrected chi connectivity index (χ1v) is 6.50. The lowest BCUT2D eigenvalue weighted by molar-refractivity contribution is -0.120. The predicted octanol–water partition coefficient (Wildman–Crippen LogP) is 2.07. The van der Waals surface area contributed by atoms with Crippen molar-refractivity contribution in [3.05, 3.63) is 30.1 Å². The molecule has 1 aromatic carbocycles. The minimum absolute atomic E-state index is 0. The molecule has 0 saturated heterocycles. The Morgan fingerprint density at radius 2 is 1.94 bits per heavy atom. The minimum atomic E-state index is -0.237. The summed E-state index contributed by atoms with van der Waals surface area (Å²) in [5, 5.41) is 5.76. The van der Waals surface area contributed by atoms with Gasteiger partial charge in [-0.2, -0.15) is 0 Å². The Bertz CT molecular complexity index is 348. The fraction of sp³-hybridized carbons (Fsp3) is 0.417. The van der Waals surface area contributed by atoms with E-state index in [1.165, 1.54) is 12.1 Å². The summed E-state index contributed by atoms with van der Waals surface area (Å²) in [5.74, 6) is 0.519. The largest absolute Gasteiger partial charge is 0.355 e. The van der Waals surface area contributed by atoms with Crippen molar-refractivity contribution in [2.24, 2.45) is 0 Å². The minimum Gasteiger partial charge on any atom is -0.355 e. The summed E-state index contributed by atoms with van der Waals surface area (Å²) in [6, 6.07) is 6.29. The lowest BCUT2D eigenvalue weighted by Crippen LogP contribution is -2.30. The van der Waals surface area contributed by atoms with Crippen LogP contribution in [0.4, 0.5) is 4.39 Å². The van der Waals surface area contributed by atoms with Gasteiger partial charge >= 0.3 is 0 Å². The number of rotatable bonds is 7. The van der Waals surface area contributed by atoms with Crippen molar-refractivity contribution in [3.8, 4) is 0 Å². The zero-order valence-corrected chi connectivity index (χ0v) is 11.9. The fourth-order valence-corrected chi connectivity index (χ4v) is 2.06. The zero-order valence-electron chi connectivity index (χ0n) is 10.2. The first-order valence-electron chi connectivity index (χ1n) is 5.52. The van der Waals surface area contributed by atoms with Gasteiger partial charge in [-0.05, 0) is 31.3 Å². The lowest BCUT2D eigenvalue weighted by atomic mass is 10.4. The normalized spacial score (nSPS) is 9.67. The van der Waals surface area contributed by atoms with Gasteiger partial charge in [0.15, 0.2) is 0 Å². The number of carbonyl (C=O) groups is 1. The standard InChI is InChI=1S/C12H17FN2OS.ClH/c1-14-7-8-15-12(16)6-9-17-11-4-2-10(13)3-5-11;/h2-5,14H,6-9H2,1H3,(H,15,16);1H. The van der Waals surface area contributed by atoms with Crippen LogP contribution in [-0.4, -0.2) is 31.8 Å². The zero-order chi connectivity index (χ0) is 12.5. The van der Waals surface area contributed by atoms with Crippen molar-refractivity contribution >= 4 is 30.1 Å². The van der Waals surface area contributed by atoms with E-state index in [2.05, 4.69) is 10.6 Å². The molecule has 3 nitrogen and oxygen atoms in total. The van der Waals surface area contributed by atoms with Gasteiger partial charge in [-0.1, -0.05) is 0 Å². The molecule has 0 unspecified atom stereocenters. The Labute approximate surface area is 117 Å². The van der Waals surface area contributed by atoms with Crippen LogP contribution in [-0.2, 0) is 4.79 Å². The maximum Gasteiger partial charge on any atom is 0.220 e. The highest BCUT2D eigenvalue weighted by molar-refractivity contribution is 7.99. The molecule has 0 aliphatic carbocycles. The second-order valence-corrected chi connectivity index (χ2v) is 4.67. The Kier molecular flexibility index (Phi) is 9.73. The molecule has 0 bridgehead atoms. The van der Waals surface area contributed by atoms with Crippen molar-refractivity contribution in [1.29, 1.82) is 0 Å². The first kappa shape index (κ1) is 17.2. The van der Waals surface area contributed by atoms with Crippen molar-refractivity contribution < 1.29 is 9.18 Å². The SMILES string of the molecule is CNCCNC(=O)CCSc1ccc(F)cc1.Cl. The smallest absolute Gasteiger partial charge is 0.220 e. The molecule has 0 aliphatic rings. The summed E-state index contributed by atoms with van der Waals surface area (Å²) in [6.07, 6.45) is 0.478. The topological polar surface area (TPSA) is 41.1 Å². The van der Waals surface area contributed by atoms with Gasteiger partial charge in [0, 0.05) is 30.2 Å². The van der Waals surface area contributed by atoms with Crippen molar-refractivity contribution in [2.45, 2.75) is 11.3 Å². The third kappa shape index (κ3) is 7.53. The molecule has 6 heteroatoms. The van der Waals surface area contributed by atoms with Crippen LogP contribution in [0.1, 0.15) is 6.42 Å². The maximum absolute atomic E-state index is 12.6. The second-order valence-electron chi connectivity index (χ2n) is 3.51. The van der Waals surface area contributed by atoms with Gasteiger partial charge < -0.3 is 10.6 Å². The summed E-state index contributed by atoms with van der Waals surface area (Å²) in [5.41, 5.74) is 0. The molecule has 2 N–H and O–H groups in total. The van der Waals surface area contributed by atoms with Gasteiger partial charge in [0.05, 0.1) is 0 Å². The van der Waals surface area contributed by atoms with Crippen LogP contribution in [0.15, 0.2) is 29.2 Å². The van der Waals surface area contributed by atoms with Gasteiger partial charge in [0.2, 0.25) is 5.91 Å². The van der Waals surface area contributed by atoms with Gasteiger partial charge in [0.25, 0.3) is 0 Å². The molecule has 0 saturated carbocycles. The van der Waals surface area contributed by atoms with Crippen LogP contribution in [0, 0.1) is 5.82 Å². The molecule has 0 fully saturated rings. The van der Waals surface area contributed by atoms with E-state index >= 15 is 0 Å². The number of carbonyl (C=O) groups excluding carboxylic acids is 1. The van der Waals surface area contributed by atoms with Crippen LogP contribution in [0.25, 0.3) is 0 Å². The third-order valence-corrected chi connectivity index (χ3v) is 3.12. The van der Waals surface area contributed by atoms with E-state index in [1.54, 1.807) is 23.9 Å². The van der Waals surface area contributed by atoms with Crippen LogP contribution in [0.5, 0.6) is 0 Å². The number of likely N-dealkylation sites (N-methyl/N-ethyl adjacent to an activating group) is 1. The molecule has 102 valence electrons. The molecule has 1 aromatic rings. The summed E-state index contributed by atoms with van der Waals surface area (Å²) in [4.78, 5) is 12.3. The Hall–Kier alpha value is -0.780. The molecule has 0 aliphatic heterocycles. The van der Waals surface area contributed by atoms with Gasteiger partial charge in [-0.3, -0.25) is 4.79 Å². The quantitative estimate of drug-likeness (QED) is 0.597. The Morgan fingerprint density at radius 3 is 2.56 bits per heavy atom. The predicted molar refractivity (Wildman–Crippen MR) is 75.9 cm³/mol. The van der Waals surface area contributed by atoms with Gasteiger partial charge in [-0.15, -0.1) is 24.2 Å². The van der Waals surface area contributed by atoms with E-state index in [0.29, 0.717) is 18.7 Å². The number of hydrogen-bond acceptors (Lipinski definition) is 3. The van der Waals surface area contributed by atoms with Gasteiger partial charge in [0.1, 0.15) is 5.82 Å². The van der Waals surface area contributed by atoms with Crippen molar-refractivity contribution in [3.63, 3.8) is 0 Å². The monoisotopic (exact) mass is 292 g/mol. The molecule has 1 amide bonds. The van der Waals surface area contributed by atoms with Crippen LogP contribution < -0.4 is 10.6 Å².